The summed E-state index contributed by atoms with van der Waals surface area (Å²) in [6, 6.07) is 7.95. The Morgan fingerprint density at radius 3 is 2.71 bits per heavy atom. The van der Waals surface area contributed by atoms with E-state index in [0.29, 0.717) is 6.61 Å². The van der Waals surface area contributed by atoms with Crippen molar-refractivity contribution in [1.82, 2.24) is 0 Å². The van der Waals surface area contributed by atoms with Crippen LogP contribution in [0.1, 0.15) is 25.8 Å². The zero-order valence-corrected chi connectivity index (χ0v) is 12.8. The average Bonchev–Trinajstić information content (AvgIpc) is 2.86. The first-order valence-corrected chi connectivity index (χ1v) is 7.09. The lowest BCUT2D eigenvalue weighted by molar-refractivity contribution is -0.168. The molecule has 0 spiro atoms. The number of rotatable bonds is 6. The largest absolute Gasteiger partial charge is 0.497 e. The predicted molar refractivity (Wildman–Crippen MR) is 77.2 cm³/mol. The van der Waals surface area contributed by atoms with E-state index < -0.39 is 5.79 Å². The van der Waals surface area contributed by atoms with E-state index in [1.165, 1.54) is 12.5 Å². The highest BCUT2D eigenvalue weighted by Crippen LogP contribution is 2.28. The van der Waals surface area contributed by atoms with Gasteiger partial charge >= 0.3 is 5.97 Å². The lowest BCUT2D eigenvalue weighted by Gasteiger charge is -2.23. The van der Waals surface area contributed by atoms with Crippen molar-refractivity contribution in [3.63, 3.8) is 0 Å². The lowest BCUT2D eigenvalue weighted by Crippen LogP contribution is -2.29. The van der Waals surface area contributed by atoms with Gasteiger partial charge in [0.1, 0.15) is 18.5 Å². The molecule has 0 aromatic heterocycles. The first-order valence-electron chi connectivity index (χ1n) is 7.09. The van der Waals surface area contributed by atoms with Gasteiger partial charge in [0.05, 0.1) is 13.7 Å². The van der Waals surface area contributed by atoms with Crippen LogP contribution in [0.4, 0.5) is 0 Å². The highest BCUT2D eigenvalue weighted by atomic mass is 16.7. The van der Waals surface area contributed by atoms with Crippen molar-refractivity contribution in [3.8, 4) is 5.75 Å². The van der Waals surface area contributed by atoms with E-state index in [0.717, 1.165) is 18.6 Å². The first-order chi connectivity index (χ1) is 10.0. The van der Waals surface area contributed by atoms with E-state index in [9.17, 15) is 4.79 Å². The third kappa shape index (κ3) is 4.72. The number of benzene rings is 1. The molecule has 5 heteroatoms. The molecular weight excluding hydrogens is 272 g/mol. The summed E-state index contributed by atoms with van der Waals surface area (Å²) < 4.78 is 21.6. The van der Waals surface area contributed by atoms with Crippen LogP contribution < -0.4 is 4.74 Å². The maximum absolute atomic E-state index is 10.8. The van der Waals surface area contributed by atoms with Crippen LogP contribution in [0.2, 0.25) is 0 Å². The number of ether oxygens (including phenoxy) is 4. The summed E-state index contributed by atoms with van der Waals surface area (Å²) in [5.74, 6) is -0.0738. The van der Waals surface area contributed by atoms with Crippen molar-refractivity contribution in [3.05, 3.63) is 29.8 Å². The topological polar surface area (TPSA) is 54.0 Å². The fourth-order valence-electron chi connectivity index (χ4n) is 2.28. The van der Waals surface area contributed by atoms with Gasteiger partial charge in [0.15, 0.2) is 5.79 Å². The molecule has 0 N–H and O–H groups in total. The third-order valence-corrected chi connectivity index (χ3v) is 3.49. The Morgan fingerprint density at radius 1 is 1.38 bits per heavy atom. The van der Waals surface area contributed by atoms with Crippen molar-refractivity contribution < 1.29 is 23.7 Å². The van der Waals surface area contributed by atoms with Crippen LogP contribution in [0.15, 0.2) is 24.3 Å². The summed E-state index contributed by atoms with van der Waals surface area (Å²) in [5.41, 5.74) is 1.20. The van der Waals surface area contributed by atoms with Crippen molar-refractivity contribution in [2.45, 2.75) is 38.6 Å². The summed E-state index contributed by atoms with van der Waals surface area (Å²) in [6.45, 7) is 4.00. The number of methoxy groups -OCH3 is 1. The van der Waals surface area contributed by atoms with Gasteiger partial charge in [0.2, 0.25) is 0 Å². The average molecular weight is 294 g/mol. The van der Waals surface area contributed by atoms with Gasteiger partial charge in [-0.3, -0.25) is 4.79 Å². The molecule has 0 saturated carbocycles. The van der Waals surface area contributed by atoms with E-state index >= 15 is 0 Å². The Hall–Kier alpha value is -1.59. The second-order valence-electron chi connectivity index (χ2n) is 5.34. The second-order valence-corrected chi connectivity index (χ2v) is 5.34. The molecule has 21 heavy (non-hydrogen) atoms. The van der Waals surface area contributed by atoms with Crippen molar-refractivity contribution in [2.75, 3.05) is 20.3 Å². The normalized spacial score (nSPS) is 24.8. The van der Waals surface area contributed by atoms with Crippen LogP contribution in [-0.4, -0.2) is 38.2 Å². The number of carbonyl (C=O) groups excluding carboxylic acids is 1. The number of hydrogen-bond donors (Lipinski definition) is 0. The monoisotopic (exact) mass is 294 g/mol. The van der Waals surface area contributed by atoms with Crippen molar-refractivity contribution in [2.24, 2.45) is 0 Å². The van der Waals surface area contributed by atoms with Crippen LogP contribution in [0.3, 0.4) is 0 Å². The zero-order chi connectivity index (χ0) is 15.3. The van der Waals surface area contributed by atoms with E-state index in [2.05, 4.69) is 0 Å². The second kappa shape index (κ2) is 6.91. The summed E-state index contributed by atoms with van der Waals surface area (Å²) in [7, 11) is 1.65. The Bertz CT molecular complexity index is 470. The number of aryl methyl sites for hydroxylation is 1. The predicted octanol–water partition coefficient (Wildman–Crippen LogP) is 2.32. The smallest absolute Gasteiger partial charge is 0.302 e. The standard InChI is InChI=1S/C16H22O5/c1-12(17)19-10-15-11-20-16(2,21-15)9-8-13-4-6-14(18-3)7-5-13/h4-7,15H,8-11H2,1-3H3/t15-,16-/m0/s1. The molecule has 5 nitrogen and oxygen atoms in total. The lowest BCUT2D eigenvalue weighted by atomic mass is 10.1. The summed E-state index contributed by atoms with van der Waals surface area (Å²) in [5, 5.41) is 0. The van der Waals surface area contributed by atoms with Crippen LogP contribution in [0.25, 0.3) is 0 Å². The van der Waals surface area contributed by atoms with Crippen LogP contribution in [-0.2, 0) is 25.4 Å². The fourth-order valence-corrected chi connectivity index (χ4v) is 2.28. The van der Waals surface area contributed by atoms with Crippen LogP contribution >= 0.6 is 0 Å². The molecule has 1 aromatic rings. The van der Waals surface area contributed by atoms with Crippen molar-refractivity contribution >= 4 is 5.97 Å². The molecule has 1 aliphatic rings. The Balaban J connectivity index is 1.80. The third-order valence-electron chi connectivity index (χ3n) is 3.49. The fraction of sp³-hybridized carbons (Fsp3) is 0.562. The van der Waals surface area contributed by atoms with E-state index in [4.69, 9.17) is 18.9 Å². The van der Waals surface area contributed by atoms with Gasteiger partial charge in [0, 0.05) is 13.3 Å². The van der Waals surface area contributed by atoms with Gasteiger partial charge in [-0.05, 0) is 31.0 Å². The molecule has 1 fully saturated rings. The first kappa shape index (κ1) is 15.8. The van der Waals surface area contributed by atoms with E-state index in [1.54, 1.807) is 7.11 Å². The maximum Gasteiger partial charge on any atom is 0.302 e. The molecule has 2 rings (SSSR count). The molecule has 0 radical (unpaired) electrons. The minimum Gasteiger partial charge on any atom is -0.497 e. The van der Waals surface area contributed by atoms with Crippen LogP contribution in [0.5, 0.6) is 5.75 Å². The minimum absolute atomic E-state index is 0.185. The molecule has 116 valence electrons. The molecule has 1 aromatic carbocycles. The molecule has 2 atom stereocenters. The molecular formula is C16H22O5. The quantitative estimate of drug-likeness (QED) is 0.754. The Kier molecular flexibility index (Phi) is 5.20. The van der Waals surface area contributed by atoms with E-state index in [-0.39, 0.29) is 18.7 Å². The number of carbonyl (C=O) groups is 1. The summed E-state index contributed by atoms with van der Waals surface area (Å²) in [6.07, 6.45) is 1.41. The molecule has 1 saturated heterocycles. The highest BCUT2D eigenvalue weighted by molar-refractivity contribution is 5.65. The summed E-state index contributed by atoms with van der Waals surface area (Å²) in [4.78, 5) is 10.8. The van der Waals surface area contributed by atoms with Gasteiger partial charge in [0.25, 0.3) is 0 Å². The van der Waals surface area contributed by atoms with Crippen molar-refractivity contribution in [1.29, 1.82) is 0 Å². The highest BCUT2D eigenvalue weighted by Gasteiger charge is 2.37. The molecule has 1 heterocycles. The maximum atomic E-state index is 10.8. The number of esters is 1. The summed E-state index contributed by atoms with van der Waals surface area (Å²) >= 11 is 0. The molecule has 0 amide bonds. The van der Waals surface area contributed by atoms with Gasteiger partial charge < -0.3 is 18.9 Å². The SMILES string of the molecule is COc1ccc(CC[C@@]2(C)OC[C@H](COC(C)=O)O2)cc1. The van der Waals surface area contributed by atoms with Crippen LogP contribution in [0, 0.1) is 0 Å². The van der Waals surface area contributed by atoms with Gasteiger partial charge in [-0.1, -0.05) is 12.1 Å². The van der Waals surface area contributed by atoms with Gasteiger partial charge in [-0.25, -0.2) is 0 Å². The number of hydrogen-bond acceptors (Lipinski definition) is 5. The van der Waals surface area contributed by atoms with Gasteiger partial charge in [-0.15, -0.1) is 0 Å². The van der Waals surface area contributed by atoms with Gasteiger partial charge in [-0.2, -0.15) is 0 Å². The zero-order valence-electron chi connectivity index (χ0n) is 12.8. The minimum atomic E-state index is -0.620. The Morgan fingerprint density at radius 2 is 2.10 bits per heavy atom. The molecule has 0 unspecified atom stereocenters. The molecule has 0 aliphatic carbocycles. The molecule has 1 aliphatic heterocycles. The van der Waals surface area contributed by atoms with E-state index in [1.807, 2.05) is 31.2 Å². The Labute approximate surface area is 125 Å². The molecule has 0 bridgehead atoms.